The van der Waals surface area contributed by atoms with E-state index in [2.05, 4.69) is 23.8 Å². The highest BCUT2D eigenvalue weighted by Crippen LogP contribution is 2.32. The zero-order valence-corrected chi connectivity index (χ0v) is 11.8. The second kappa shape index (κ2) is 5.97. The average Bonchev–Trinajstić information content (AvgIpc) is 2.40. The molecule has 0 N–H and O–H groups in total. The molecule has 0 amide bonds. The smallest absolute Gasteiger partial charge is 0.338 e. The van der Waals surface area contributed by atoms with E-state index in [1.807, 2.05) is 4.90 Å². The molecule has 0 saturated carbocycles. The topological polar surface area (TPSA) is 29.0 Å². The Labute approximate surface area is 117 Å². The van der Waals surface area contributed by atoms with Crippen molar-refractivity contribution in [2.24, 2.45) is 5.92 Å². The zero-order chi connectivity index (χ0) is 14.8. The lowest BCUT2D eigenvalue weighted by Crippen LogP contribution is -2.45. The SMILES string of the molecule is CCCC1C(C)CCCN1c1nccc(C(F)(F)F)n1. The summed E-state index contributed by atoms with van der Waals surface area (Å²) in [5.74, 6) is 0.673. The molecule has 3 nitrogen and oxygen atoms in total. The molecule has 1 aliphatic rings. The van der Waals surface area contributed by atoms with Crippen molar-refractivity contribution < 1.29 is 13.2 Å². The summed E-state index contributed by atoms with van der Waals surface area (Å²) in [6.45, 7) is 4.98. The summed E-state index contributed by atoms with van der Waals surface area (Å²) in [5.41, 5.74) is -0.865. The molecule has 112 valence electrons. The molecule has 2 atom stereocenters. The Bertz CT molecular complexity index is 448. The fourth-order valence-corrected chi connectivity index (χ4v) is 2.88. The maximum absolute atomic E-state index is 12.7. The Morgan fingerprint density at radius 1 is 1.40 bits per heavy atom. The summed E-state index contributed by atoms with van der Waals surface area (Å²) < 4.78 is 38.2. The molecule has 1 aromatic heterocycles. The van der Waals surface area contributed by atoms with Gasteiger partial charge in [-0.1, -0.05) is 20.3 Å². The number of aromatic nitrogens is 2. The second-order valence-electron chi connectivity index (χ2n) is 5.41. The highest BCUT2D eigenvalue weighted by molar-refractivity contribution is 5.34. The first kappa shape index (κ1) is 15.1. The summed E-state index contributed by atoms with van der Waals surface area (Å²) in [7, 11) is 0. The monoisotopic (exact) mass is 287 g/mol. The molecule has 2 unspecified atom stereocenters. The van der Waals surface area contributed by atoms with Crippen molar-refractivity contribution in [3.8, 4) is 0 Å². The van der Waals surface area contributed by atoms with Gasteiger partial charge < -0.3 is 4.90 Å². The Kier molecular flexibility index (Phi) is 4.50. The normalized spacial score (nSPS) is 23.9. The van der Waals surface area contributed by atoms with Crippen LogP contribution in [0, 0.1) is 5.92 Å². The van der Waals surface area contributed by atoms with Crippen LogP contribution in [-0.4, -0.2) is 22.6 Å². The quantitative estimate of drug-likeness (QED) is 0.844. The van der Waals surface area contributed by atoms with Gasteiger partial charge in [0.15, 0.2) is 0 Å². The highest BCUT2D eigenvalue weighted by atomic mass is 19.4. The minimum absolute atomic E-state index is 0.213. The minimum atomic E-state index is -4.42. The van der Waals surface area contributed by atoms with Crippen LogP contribution in [0.25, 0.3) is 0 Å². The maximum atomic E-state index is 12.7. The van der Waals surface area contributed by atoms with Gasteiger partial charge in [-0.25, -0.2) is 9.97 Å². The summed E-state index contributed by atoms with van der Waals surface area (Å²) in [5, 5.41) is 0. The number of rotatable bonds is 3. The second-order valence-corrected chi connectivity index (χ2v) is 5.41. The number of piperidine rings is 1. The van der Waals surface area contributed by atoms with E-state index in [0.29, 0.717) is 5.92 Å². The van der Waals surface area contributed by atoms with Crippen LogP contribution in [0.4, 0.5) is 19.1 Å². The molecule has 0 bridgehead atoms. The van der Waals surface area contributed by atoms with E-state index >= 15 is 0 Å². The third-order valence-corrected chi connectivity index (χ3v) is 3.89. The summed E-state index contributed by atoms with van der Waals surface area (Å²) in [6, 6.07) is 1.16. The van der Waals surface area contributed by atoms with Crippen molar-refractivity contribution in [1.82, 2.24) is 9.97 Å². The van der Waals surface area contributed by atoms with E-state index < -0.39 is 11.9 Å². The fraction of sp³-hybridized carbons (Fsp3) is 0.714. The number of hydrogen-bond donors (Lipinski definition) is 0. The van der Waals surface area contributed by atoms with Crippen LogP contribution < -0.4 is 4.90 Å². The van der Waals surface area contributed by atoms with Gasteiger partial charge >= 0.3 is 6.18 Å². The van der Waals surface area contributed by atoms with Gasteiger partial charge in [0.2, 0.25) is 5.95 Å². The van der Waals surface area contributed by atoms with Crippen LogP contribution in [0.3, 0.4) is 0 Å². The van der Waals surface area contributed by atoms with Crippen LogP contribution in [0.1, 0.15) is 45.2 Å². The summed E-state index contributed by atoms with van der Waals surface area (Å²) >= 11 is 0. The molecule has 0 aromatic carbocycles. The molecule has 1 aromatic rings. The van der Waals surface area contributed by atoms with Crippen molar-refractivity contribution >= 4 is 5.95 Å². The van der Waals surface area contributed by atoms with Crippen LogP contribution in [0.2, 0.25) is 0 Å². The molecule has 0 spiro atoms. The van der Waals surface area contributed by atoms with Gasteiger partial charge in [-0.2, -0.15) is 13.2 Å². The minimum Gasteiger partial charge on any atom is -0.338 e. The van der Waals surface area contributed by atoms with Gasteiger partial charge in [0.25, 0.3) is 0 Å². The maximum Gasteiger partial charge on any atom is 0.433 e. The van der Waals surface area contributed by atoms with Crippen LogP contribution in [0.5, 0.6) is 0 Å². The van der Waals surface area contributed by atoms with Gasteiger partial charge in [0.05, 0.1) is 0 Å². The van der Waals surface area contributed by atoms with E-state index in [0.717, 1.165) is 38.3 Å². The lowest BCUT2D eigenvalue weighted by molar-refractivity contribution is -0.141. The third kappa shape index (κ3) is 3.22. The average molecular weight is 287 g/mol. The first-order valence-corrected chi connectivity index (χ1v) is 7.10. The predicted molar refractivity (Wildman–Crippen MR) is 71.5 cm³/mol. The van der Waals surface area contributed by atoms with Crippen LogP contribution in [-0.2, 0) is 6.18 Å². The third-order valence-electron chi connectivity index (χ3n) is 3.89. The van der Waals surface area contributed by atoms with Crippen molar-refractivity contribution in [2.75, 3.05) is 11.4 Å². The summed E-state index contributed by atoms with van der Waals surface area (Å²) in [4.78, 5) is 9.73. The van der Waals surface area contributed by atoms with Gasteiger partial charge in [-0.05, 0) is 31.2 Å². The molecule has 20 heavy (non-hydrogen) atoms. The molecule has 1 aliphatic heterocycles. The first-order valence-electron chi connectivity index (χ1n) is 7.10. The van der Waals surface area contributed by atoms with Crippen molar-refractivity contribution in [3.63, 3.8) is 0 Å². The first-order chi connectivity index (χ1) is 9.43. The van der Waals surface area contributed by atoms with Gasteiger partial charge in [-0.15, -0.1) is 0 Å². The number of alkyl halides is 3. The lowest BCUT2D eigenvalue weighted by Gasteiger charge is -2.40. The summed E-state index contributed by atoms with van der Waals surface area (Å²) in [6.07, 6.45) is 0.832. The Hall–Kier alpha value is -1.33. The van der Waals surface area contributed by atoms with Crippen LogP contribution >= 0.6 is 0 Å². The molecule has 1 saturated heterocycles. The molecule has 2 rings (SSSR count). The number of hydrogen-bond acceptors (Lipinski definition) is 3. The van der Waals surface area contributed by atoms with E-state index in [4.69, 9.17) is 0 Å². The van der Waals surface area contributed by atoms with E-state index in [-0.39, 0.29) is 12.0 Å². The lowest BCUT2D eigenvalue weighted by atomic mass is 9.88. The van der Waals surface area contributed by atoms with Crippen molar-refractivity contribution in [2.45, 2.75) is 51.7 Å². The van der Waals surface area contributed by atoms with E-state index in [1.165, 1.54) is 6.20 Å². The largest absolute Gasteiger partial charge is 0.433 e. The molecule has 2 heterocycles. The standard InChI is InChI=1S/C14H20F3N3/c1-3-5-11-10(2)6-4-9-20(11)13-18-8-7-12(19-13)14(15,16)17/h7-8,10-11H,3-6,9H2,1-2H3. The number of halogens is 3. The zero-order valence-electron chi connectivity index (χ0n) is 11.8. The molecule has 0 aliphatic carbocycles. The molecule has 1 fully saturated rings. The van der Waals surface area contributed by atoms with Gasteiger partial charge in [0, 0.05) is 18.8 Å². The molecular weight excluding hydrogens is 267 g/mol. The Morgan fingerprint density at radius 2 is 2.15 bits per heavy atom. The van der Waals surface area contributed by atoms with Gasteiger partial charge in [0.1, 0.15) is 5.69 Å². The van der Waals surface area contributed by atoms with Gasteiger partial charge in [-0.3, -0.25) is 0 Å². The Morgan fingerprint density at radius 3 is 2.80 bits per heavy atom. The fourth-order valence-electron chi connectivity index (χ4n) is 2.88. The molecule has 6 heteroatoms. The molecule has 0 radical (unpaired) electrons. The number of anilines is 1. The highest BCUT2D eigenvalue weighted by Gasteiger charge is 2.35. The number of nitrogens with zero attached hydrogens (tertiary/aromatic N) is 3. The van der Waals surface area contributed by atoms with E-state index in [1.54, 1.807) is 0 Å². The Balaban J connectivity index is 2.28. The predicted octanol–water partition coefficient (Wildman–Crippen LogP) is 3.90. The van der Waals surface area contributed by atoms with Crippen LogP contribution in [0.15, 0.2) is 12.3 Å². The van der Waals surface area contributed by atoms with Crippen molar-refractivity contribution in [3.05, 3.63) is 18.0 Å². The van der Waals surface area contributed by atoms with E-state index in [9.17, 15) is 13.2 Å². The van der Waals surface area contributed by atoms with Crippen molar-refractivity contribution in [1.29, 1.82) is 0 Å². The molecular formula is C14H20F3N3.